The van der Waals surface area contributed by atoms with Crippen molar-refractivity contribution in [1.82, 2.24) is 9.97 Å². The number of nitrogens with one attached hydrogen (secondary N) is 1. The summed E-state index contributed by atoms with van der Waals surface area (Å²) < 4.78 is 6.47. The van der Waals surface area contributed by atoms with Crippen molar-refractivity contribution in [3.63, 3.8) is 0 Å². The number of amides is 1. The highest BCUT2D eigenvalue weighted by Gasteiger charge is 2.25. The molecule has 2 aromatic heterocycles. The molecule has 1 aliphatic rings. The van der Waals surface area contributed by atoms with E-state index in [1.54, 1.807) is 42.8 Å². The number of pyridine rings is 1. The Morgan fingerprint density at radius 2 is 2.07 bits per heavy atom. The summed E-state index contributed by atoms with van der Waals surface area (Å²) in [7, 11) is 1.57. The molecule has 1 N–H and O–H groups in total. The van der Waals surface area contributed by atoms with Crippen LogP contribution < -0.4 is 10.1 Å². The molecule has 0 unspecified atom stereocenters. The van der Waals surface area contributed by atoms with Gasteiger partial charge in [-0.25, -0.2) is 4.98 Å². The second kappa shape index (κ2) is 8.06. The molecule has 0 bridgehead atoms. The summed E-state index contributed by atoms with van der Waals surface area (Å²) in [6, 6.07) is 8.98. The Kier molecular flexibility index (Phi) is 5.34. The van der Waals surface area contributed by atoms with E-state index in [0.717, 1.165) is 47.2 Å². The Bertz CT molecular complexity index is 995. The van der Waals surface area contributed by atoms with Gasteiger partial charge in [-0.05, 0) is 43.9 Å². The minimum Gasteiger partial charge on any atom is -0.494 e. The van der Waals surface area contributed by atoms with Gasteiger partial charge in [-0.2, -0.15) is 0 Å². The molecule has 2 heterocycles. The predicted octanol–water partition coefficient (Wildman–Crippen LogP) is 4.42. The van der Waals surface area contributed by atoms with Crippen molar-refractivity contribution in [1.29, 1.82) is 0 Å². The number of benzene rings is 1. The van der Waals surface area contributed by atoms with Crippen LogP contribution in [0, 0.1) is 5.92 Å². The summed E-state index contributed by atoms with van der Waals surface area (Å²) >= 11 is 1.65. The Morgan fingerprint density at radius 3 is 2.75 bits per heavy atom. The van der Waals surface area contributed by atoms with Crippen molar-refractivity contribution in [3.05, 3.63) is 47.2 Å². The summed E-state index contributed by atoms with van der Waals surface area (Å²) in [4.78, 5) is 32.3. The second-order valence-corrected chi connectivity index (χ2v) is 8.05. The number of carbonyl (C=O) groups is 2. The van der Waals surface area contributed by atoms with Crippen LogP contribution in [0.3, 0.4) is 0 Å². The summed E-state index contributed by atoms with van der Waals surface area (Å²) in [6.07, 6.45) is 6.50. The van der Waals surface area contributed by atoms with Gasteiger partial charge < -0.3 is 14.8 Å². The van der Waals surface area contributed by atoms with Crippen LogP contribution in [0.5, 0.6) is 5.75 Å². The number of thiazole rings is 1. The second-order valence-electron chi connectivity index (χ2n) is 6.99. The zero-order chi connectivity index (χ0) is 19.5. The van der Waals surface area contributed by atoms with Crippen LogP contribution in [-0.4, -0.2) is 29.3 Å². The highest BCUT2D eigenvalue weighted by Crippen LogP contribution is 2.40. The molecule has 1 amide bonds. The van der Waals surface area contributed by atoms with Gasteiger partial charge >= 0.3 is 0 Å². The van der Waals surface area contributed by atoms with E-state index >= 15 is 0 Å². The normalized spacial score (nSPS) is 19.3. The van der Waals surface area contributed by atoms with Crippen LogP contribution in [-0.2, 0) is 4.79 Å². The fraction of sp³-hybridized carbons (Fsp3) is 0.333. The first-order valence-electron chi connectivity index (χ1n) is 9.34. The Labute approximate surface area is 167 Å². The fourth-order valence-electron chi connectivity index (χ4n) is 3.60. The van der Waals surface area contributed by atoms with Gasteiger partial charge in [-0.15, -0.1) is 11.3 Å². The van der Waals surface area contributed by atoms with Crippen LogP contribution in [0.15, 0.2) is 36.5 Å². The standard InChI is InChI=1S/C21H21N3O3S/c1-27-18-10-17-19(11-16(18)23-20(26)15-4-2-3-9-22-15)28-21(24-17)14-7-5-13(12-25)6-8-14/h2-4,9-14H,5-8H2,1H3,(H,23,26)/t13-,14-. The first-order valence-corrected chi connectivity index (χ1v) is 10.2. The highest BCUT2D eigenvalue weighted by molar-refractivity contribution is 7.18. The number of aromatic nitrogens is 2. The maximum atomic E-state index is 12.5. The average Bonchev–Trinajstić information content (AvgIpc) is 3.16. The number of nitrogens with zero attached hydrogens (tertiary/aromatic N) is 2. The molecule has 0 radical (unpaired) electrons. The summed E-state index contributed by atoms with van der Waals surface area (Å²) in [5.74, 6) is 0.874. The quantitative estimate of drug-likeness (QED) is 0.647. The molecule has 144 valence electrons. The van der Waals surface area contributed by atoms with Crippen LogP contribution in [0.1, 0.15) is 47.1 Å². The molecule has 0 spiro atoms. The van der Waals surface area contributed by atoms with Gasteiger partial charge in [-0.3, -0.25) is 9.78 Å². The van der Waals surface area contributed by atoms with Gasteiger partial charge in [0.1, 0.15) is 17.7 Å². The summed E-state index contributed by atoms with van der Waals surface area (Å²) in [5.41, 5.74) is 1.82. The van der Waals surface area contributed by atoms with Gasteiger partial charge in [0.05, 0.1) is 28.0 Å². The van der Waals surface area contributed by atoms with Crippen molar-refractivity contribution in [2.75, 3.05) is 12.4 Å². The molecule has 0 saturated heterocycles. The third-order valence-electron chi connectivity index (χ3n) is 5.19. The lowest BCUT2D eigenvalue weighted by Crippen LogP contribution is -2.14. The van der Waals surface area contributed by atoms with Gasteiger partial charge in [-0.1, -0.05) is 6.07 Å². The topological polar surface area (TPSA) is 81.2 Å². The molecule has 7 heteroatoms. The highest BCUT2D eigenvalue weighted by atomic mass is 32.1. The molecule has 1 saturated carbocycles. The lowest BCUT2D eigenvalue weighted by Gasteiger charge is -2.23. The third kappa shape index (κ3) is 3.75. The molecule has 4 rings (SSSR count). The maximum Gasteiger partial charge on any atom is 0.274 e. The molecular weight excluding hydrogens is 374 g/mol. The van der Waals surface area contributed by atoms with Crippen LogP contribution in [0.25, 0.3) is 10.2 Å². The molecular formula is C21H21N3O3S. The van der Waals surface area contributed by atoms with E-state index in [2.05, 4.69) is 10.3 Å². The van der Waals surface area contributed by atoms with Crippen LogP contribution in [0.4, 0.5) is 5.69 Å². The molecule has 3 aromatic rings. The van der Waals surface area contributed by atoms with Crippen LogP contribution in [0.2, 0.25) is 0 Å². The van der Waals surface area contributed by atoms with Gasteiger partial charge in [0.2, 0.25) is 0 Å². The number of methoxy groups -OCH3 is 1. The van der Waals surface area contributed by atoms with E-state index in [4.69, 9.17) is 9.72 Å². The number of aldehydes is 1. The molecule has 1 fully saturated rings. The molecule has 28 heavy (non-hydrogen) atoms. The number of hydrogen-bond acceptors (Lipinski definition) is 6. The van der Waals surface area contributed by atoms with Gasteiger partial charge in [0.15, 0.2) is 0 Å². The molecule has 0 atom stereocenters. The van der Waals surface area contributed by atoms with Crippen molar-refractivity contribution in [3.8, 4) is 5.75 Å². The molecule has 6 nitrogen and oxygen atoms in total. The lowest BCUT2D eigenvalue weighted by atomic mass is 9.83. The average molecular weight is 395 g/mol. The first-order chi connectivity index (χ1) is 13.7. The Balaban J connectivity index is 1.60. The Morgan fingerprint density at radius 1 is 1.25 bits per heavy atom. The van der Waals surface area contributed by atoms with Gasteiger partial charge in [0.25, 0.3) is 5.91 Å². The van der Waals surface area contributed by atoms with E-state index < -0.39 is 0 Å². The smallest absolute Gasteiger partial charge is 0.274 e. The van der Waals surface area contributed by atoms with Crippen molar-refractivity contribution in [2.45, 2.75) is 31.6 Å². The number of anilines is 1. The minimum absolute atomic E-state index is 0.194. The zero-order valence-electron chi connectivity index (χ0n) is 15.6. The van der Waals surface area contributed by atoms with E-state index in [0.29, 0.717) is 23.0 Å². The largest absolute Gasteiger partial charge is 0.494 e. The number of ether oxygens (including phenoxy) is 1. The minimum atomic E-state index is -0.282. The number of carbonyl (C=O) groups excluding carboxylic acids is 2. The molecule has 1 aromatic carbocycles. The van der Waals surface area contributed by atoms with E-state index in [9.17, 15) is 9.59 Å². The molecule has 0 aliphatic heterocycles. The SMILES string of the molecule is COc1cc2nc([C@H]3CC[C@H](C=O)CC3)sc2cc1NC(=O)c1ccccn1. The maximum absolute atomic E-state index is 12.5. The summed E-state index contributed by atoms with van der Waals surface area (Å²) in [5, 5.41) is 3.98. The molecule has 1 aliphatic carbocycles. The van der Waals surface area contributed by atoms with Gasteiger partial charge in [0, 0.05) is 24.1 Å². The number of fused-ring (bicyclic) bond motifs is 1. The van der Waals surface area contributed by atoms with Crippen molar-refractivity contribution in [2.24, 2.45) is 5.92 Å². The number of rotatable bonds is 5. The first kappa shape index (κ1) is 18.6. The van der Waals surface area contributed by atoms with E-state index in [1.807, 2.05) is 12.1 Å². The Hall–Kier alpha value is -2.80. The summed E-state index contributed by atoms with van der Waals surface area (Å²) in [6.45, 7) is 0. The number of hydrogen-bond donors (Lipinski definition) is 1. The van der Waals surface area contributed by atoms with E-state index in [1.165, 1.54) is 0 Å². The fourth-order valence-corrected chi connectivity index (χ4v) is 4.76. The predicted molar refractivity (Wildman–Crippen MR) is 109 cm³/mol. The van der Waals surface area contributed by atoms with E-state index in [-0.39, 0.29) is 11.8 Å². The zero-order valence-corrected chi connectivity index (χ0v) is 16.4. The lowest BCUT2D eigenvalue weighted by molar-refractivity contribution is -0.111. The van der Waals surface area contributed by atoms with Crippen molar-refractivity contribution >= 4 is 39.4 Å². The third-order valence-corrected chi connectivity index (χ3v) is 6.37. The van der Waals surface area contributed by atoms with Crippen molar-refractivity contribution < 1.29 is 14.3 Å². The monoisotopic (exact) mass is 395 g/mol. The van der Waals surface area contributed by atoms with Crippen LogP contribution >= 0.6 is 11.3 Å².